The van der Waals surface area contributed by atoms with E-state index in [2.05, 4.69) is 36.3 Å². The van der Waals surface area contributed by atoms with Gasteiger partial charge in [-0.1, -0.05) is 29.8 Å². The normalized spacial score (nSPS) is 11.2. The fraction of sp³-hybridized carbons (Fsp3) is 0. The Morgan fingerprint density at radius 3 is 2.66 bits per heavy atom. The van der Waals surface area contributed by atoms with Crippen LogP contribution in [-0.4, -0.2) is 25.5 Å². The van der Waals surface area contributed by atoms with Crippen molar-refractivity contribution in [3.05, 3.63) is 75.9 Å². The molecule has 7 nitrogen and oxygen atoms in total. The van der Waals surface area contributed by atoms with Crippen molar-refractivity contribution in [1.82, 2.24) is 19.6 Å². The second-order valence-corrected chi connectivity index (χ2v) is 7.41. The fourth-order valence-corrected chi connectivity index (χ4v) is 3.44. The minimum absolute atomic E-state index is 0.244. The van der Waals surface area contributed by atoms with Gasteiger partial charge >= 0.3 is 0 Å². The van der Waals surface area contributed by atoms with Crippen LogP contribution in [-0.2, 0) is 0 Å². The lowest BCUT2D eigenvalue weighted by molar-refractivity contribution is 0.102. The molecule has 0 aliphatic rings. The van der Waals surface area contributed by atoms with Crippen molar-refractivity contribution in [2.24, 2.45) is 0 Å². The Morgan fingerprint density at radius 2 is 1.90 bits per heavy atom. The number of benzene rings is 2. The number of rotatable bonds is 3. The van der Waals surface area contributed by atoms with E-state index < -0.39 is 0 Å². The van der Waals surface area contributed by atoms with Crippen LogP contribution < -0.4 is 5.32 Å². The van der Waals surface area contributed by atoms with Gasteiger partial charge in [-0.05, 0) is 58.4 Å². The molecule has 29 heavy (non-hydrogen) atoms. The fourth-order valence-electron chi connectivity index (χ4n) is 2.96. The first-order valence-corrected chi connectivity index (χ1v) is 9.74. The molecule has 1 N–H and O–H groups in total. The summed E-state index contributed by atoms with van der Waals surface area (Å²) >= 11 is 9.45. The molecule has 0 aliphatic heterocycles. The molecule has 0 unspecified atom stereocenters. The first-order chi connectivity index (χ1) is 14.1. The third-order valence-corrected chi connectivity index (χ3v) is 4.95. The van der Waals surface area contributed by atoms with Crippen molar-refractivity contribution >= 4 is 55.9 Å². The van der Waals surface area contributed by atoms with Crippen LogP contribution in [0.15, 0.2) is 69.8 Å². The average Bonchev–Trinajstić information content (AvgIpc) is 3.36. The number of carbonyl (C=O) groups is 1. The van der Waals surface area contributed by atoms with Crippen molar-refractivity contribution < 1.29 is 9.21 Å². The quantitative estimate of drug-likeness (QED) is 0.393. The molecule has 3 aromatic heterocycles. The number of nitrogens with zero attached hydrogens (tertiary/aromatic N) is 4. The SMILES string of the molecule is O=C(Nc1nc2ccc(Cl)cc2c2nc(-c3ccc(Br)o3)nn12)c1ccccc1. The van der Waals surface area contributed by atoms with Crippen molar-refractivity contribution in [2.75, 3.05) is 5.32 Å². The predicted octanol–water partition coefficient (Wildman–Crippen LogP) is 5.21. The molecule has 3 heterocycles. The lowest BCUT2D eigenvalue weighted by Crippen LogP contribution is -2.16. The summed E-state index contributed by atoms with van der Waals surface area (Å²) in [5.41, 5.74) is 1.64. The molecule has 0 atom stereocenters. The zero-order valence-electron chi connectivity index (χ0n) is 14.6. The maximum atomic E-state index is 12.7. The van der Waals surface area contributed by atoms with Crippen LogP contribution in [0.5, 0.6) is 0 Å². The number of carbonyl (C=O) groups excluding carboxylic acids is 1. The van der Waals surface area contributed by atoms with Crippen molar-refractivity contribution in [3.8, 4) is 11.6 Å². The van der Waals surface area contributed by atoms with E-state index in [4.69, 9.17) is 16.0 Å². The topological polar surface area (TPSA) is 85.3 Å². The Labute approximate surface area is 177 Å². The zero-order valence-corrected chi connectivity index (χ0v) is 17.0. The number of halogens is 2. The number of amides is 1. The van der Waals surface area contributed by atoms with Gasteiger partial charge in [0.25, 0.3) is 5.91 Å². The standard InChI is InChI=1S/C20H11BrClN5O2/c21-16-9-8-15(29-16)17-24-18-13-10-12(22)6-7-14(13)23-20(27(18)26-17)25-19(28)11-4-2-1-3-5-11/h1-10H,(H,23,25,28). The first-order valence-electron chi connectivity index (χ1n) is 8.56. The number of nitrogens with one attached hydrogen (secondary N) is 1. The maximum Gasteiger partial charge on any atom is 0.258 e. The van der Waals surface area contributed by atoms with Crippen molar-refractivity contribution in [1.29, 1.82) is 0 Å². The second kappa shape index (κ2) is 6.98. The molecule has 5 aromatic rings. The Morgan fingerprint density at radius 1 is 1.07 bits per heavy atom. The molecule has 142 valence electrons. The van der Waals surface area contributed by atoms with Gasteiger partial charge in [-0.3, -0.25) is 10.1 Å². The van der Waals surface area contributed by atoms with Crippen LogP contribution in [0, 0.1) is 0 Å². The second-order valence-electron chi connectivity index (χ2n) is 6.19. The smallest absolute Gasteiger partial charge is 0.258 e. The third-order valence-electron chi connectivity index (χ3n) is 4.29. The van der Waals surface area contributed by atoms with E-state index in [1.54, 1.807) is 54.6 Å². The van der Waals surface area contributed by atoms with Crippen molar-refractivity contribution in [2.45, 2.75) is 0 Å². The van der Waals surface area contributed by atoms with E-state index in [0.717, 1.165) is 0 Å². The van der Waals surface area contributed by atoms with E-state index in [0.29, 0.717) is 43.4 Å². The Kier molecular flexibility index (Phi) is 4.30. The molecular formula is C20H11BrClN5O2. The van der Waals surface area contributed by atoms with Crippen LogP contribution in [0.2, 0.25) is 5.02 Å². The highest BCUT2D eigenvalue weighted by Gasteiger charge is 2.18. The number of aromatic nitrogens is 4. The summed E-state index contributed by atoms with van der Waals surface area (Å²) in [4.78, 5) is 21.8. The highest BCUT2D eigenvalue weighted by Crippen LogP contribution is 2.28. The number of hydrogen-bond acceptors (Lipinski definition) is 5. The van der Waals surface area contributed by atoms with Gasteiger partial charge in [0.1, 0.15) is 0 Å². The highest BCUT2D eigenvalue weighted by molar-refractivity contribution is 9.10. The van der Waals surface area contributed by atoms with Gasteiger partial charge in [0.15, 0.2) is 16.1 Å². The van der Waals surface area contributed by atoms with E-state index in [9.17, 15) is 4.79 Å². The van der Waals surface area contributed by atoms with Gasteiger partial charge < -0.3 is 4.42 Å². The van der Waals surface area contributed by atoms with Crippen LogP contribution in [0.4, 0.5) is 5.95 Å². The first kappa shape index (κ1) is 17.8. The summed E-state index contributed by atoms with van der Waals surface area (Å²) in [6, 6.07) is 17.7. The minimum atomic E-state index is -0.300. The van der Waals surface area contributed by atoms with Gasteiger partial charge in [-0.2, -0.15) is 4.52 Å². The molecule has 0 saturated carbocycles. The number of hydrogen-bond donors (Lipinski definition) is 1. The van der Waals surface area contributed by atoms with E-state index in [-0.39, 0.29) is 11.9 Å². The minimum Gasteiger partial charge on any atom is -0.446 e. The molecule has 9 heteroatoms. The van der Waals surface area contributed by atoms with E-state index in [1.807, 2.05) is 6.07 Å². The molecule has 5 rings (SSSR count). The van der Waals surface area contributed by atoms with Gasteiger partial charge in [-0.15, -0.1) is 5.10 Å². The Bertz CT molecular complexity index is 1380. The molecule has 0 bridgehead atoms. The third kappa shape index (κ3) is 3.26. The van der Waals surface area contributed by atoms with E-state index in [1.165, 1.54) is 4.52 Å². The van der Waals surface area contributed by atoms with Crippen LogP contribution in [0.3, 0.4) is 0 Å². The highest BCUT2D eigenvalue weighted by atomic mass is 79.9. The number of fused-ring (bicyclic) bond motifs is 3. The summed E-state index contributed by atoms with van der Waals surface area (Å²) in [6.45, 7) is 0. The Balaban J connectivity index is 1.70. The van der Waals surface area contributed by atoms with Crippen molar-refractivity contribution in [3.63, 3.8) is 0 Å². The van der Waals surface area contributed by atoms with Gasteiger partial charge in [0.05, 0.1) is 5.52 Å². The largest absolute Gasteiger partial charge is 0.446 e. The van der Waals surface area contributed by atoms with Crippen LogP contribution in [0.25, 0.3) is 28.1 Å². The summed E-state index contributed by atoms with van der Waals surface area (Å²) in [5.74, 6) is 0.787. The summed E-state index contributed by atoms with van der Waals surface area (Å²) < 4.78 is 7.61. The molecular weight excluding hydrogens is 458 g/mol. The van der Waals surface area contributed by atoms with Crippen LogP contribution >= 0.6 is 27.5 Å². The molecule has 0 fully saturated rings. The molecule has 0 aliphatic carbocycles. The summed E-state index contributed by atoms with van der Waals surface area (Å²) in [7, 11) is 0. The van der Waals surface area contributed by atoms with Gasteiger partial charge in [0.2, 0.25) is 11.8 Å². The lowest BCUT2D eigenvalue weighted by atomic mass is 10.2. The average molecular weight is 469 g/mol. The van der Waals surface area contributed by atoms with Gasteiger partial charge in [-0.25, -0.2) is 9.97 Å². The Hall–Kier alpha value is -3.23. The maximum absolute atomic E-state index is 12.7. The number of furan rings is 1. The number of anilines is 1. The zero-order chi connectivity index (χ0) is 20.0. The molecule has 0 saturated heterocycles. The monoisotopic (exact) mass is 467 g/mol. The molecule has 0 radical (unpaired) electrons. The lowest BCUT2D eigenvalue weighted by Gasteiger charge is -2.08. The van der Waals surface area contributed by atoms with Crippen LogP contribution in [0.1, 0.15) is 10.4 Å². The molecule has 0 spiro atoms. The van der Waals surface area contributed by atoms with E-state index >= 15 is 0 Å². The molecule has 2 aromatic carbocycles. The summed E-state index contributed by atoms with van der Waals surface area (Å²) in [6.07, 6.45) is 0. The summed E-state index contributed by atoms with van der Waals surface area (Å²) in [5, 5.41) is 8.57. The van der Waals surface area contributed by atoms with Gasteiger partial charge in [0, 0.05) is 16.0 Å². The molecule has 1 amide bonds. The predicted molar refractivity (Wildman–Crippen MR) is 113 cm³/mol.